The average molecular weight is 231 g/mol. The van der Waals surface area contributed by atoms with Gasteiger partial charge < -0.3 is 4.74 Å². The van der Waals surface area contributed by atoms with Crippen LogP contribution in [-0.2, 0) is 0 Å². The number of likely N-dealkylation sites (tertiary alicyclic amines) is 1. The summed E-state index contributed by atoms with van der Waals surface area (Å²) in [5.74, 6) is 0.972. The normalized spacial score (nSPS) is 25.2. The SMILES string of the molecule is O=C1c2ccccc2OCC1N1CCCCC1. The van der Waals surface area contributed by atoms with Gasteiger partial charge in [-0.05, 0) is 38.1 Å². The molecular weight excluding hydrogens is 214 g/mol. The number of carbonyl (C=O) groups is 1. The summed E-state index contributed by atoms with van der Waals surface area (Å²) in [6.07, 6.45) is 3.69. The quantitative estimate of drug-likeness (QED) is 0.741. The highest BCUT2D eigenvalue weighted by Crippen LogP contribution is 2.27. The number of Topliss-reactive ketones (excluding diaryl/α,β-unsaturated/α-hetero) is 1. The van der Waals surface area contributed by atoms with E-state index in [1.807, 2.05) is 24.3 Å². The van der Waals surface area contributed by atoms with Gasteiger partial charge in [0.25, 0.3) is 0 Å². The molecule has 1 fully saturated rings. The van der Waals surface area contributed by atoms with Gasteiger partial charge in [0.1, 0.15) is 18.4 Å². The van der Waals surface area contributed by atoms with Crippen molar-refractivity contribution in [3.8, 4) is 5.75 Å². The van der Waals surface area contributed by atoms with Crippen molar-refractivity contribution in [2.24, 2.45) is 0 Å². The molecule has 0 aliphatic carbocycles. The van der Waals surface area contributed by atoms with Crippen molar-refractivity contribution in [3.05, 3.63) is 29.8 Å². The fourth-order valence-electron chi connectivity index (χ4n) is 2.72. The van der Waals surface area contributed by atoms with E-state index in [0.717, 1.165) is 24.4 Å². The highest BCUT2D eigenvalue weighted by atomic mass is 16.5. The number of para-hydroxylation sites is 1. The van der Waals surface area contributed by atoms with Crippen LogP contribution in [0.1, 0.15) is 29.6 Å². The van der Waals surface area contributed by atoms with E-state index in [9.17, 15) is 4.79 Å². The van der Waals surface area contributed by atoms with Gasteiger partial charge in [-0.2, -0.15) is 0 Å². The van der Waals surface area contributed by atoms with E-state index >= 15 is 0 Å². The number of benzene rings is 1. The number of nitrogens with zero attached hydrogens (tertiary/aromatic N) is 1. The number of fused-ring (bicyclic) bond motifs is 1. The van der Waals surface area contributed by atoms with Crippen molar-refractivity contribution >= 4 is 5.78 Å². The minimum Gasteiger partial charge on any atom is -0.491 e. The third kappa shape index (κ3) is 1.95. The van der Waals surface area contributed by atoms with Gasteiger partial charge in [0, 0.05) is 0 Å². The topological polar surface area (TPSA) is 29.5 Å². The highest BCUT2D eigenvalue weighted by Gasteiger charge is 2.33. The number of ketones is 1. The Morgan fingerprint density at radius 2 is 1.88 bits per heavy atom. The second-order valence-corrected chi connectivity index (χ2v) is 4.78. The number of rotatable bonds is 1. The Morgan fingerprint density at radius 1 is 1.12 bits per heavy atom. The summed E-state index contributed by atoms with van der Waals surface area (Å²) < 4.78 is 5.70. The zero-order valence-electron chi connectivity index (χ0n) is 9.89. The van der Waals surface area contributed by atoms with E-state index in [4.69, 9.17) is 4.74 Å². The predicted octanol–water partition coefficient (Wildman–Crippen LogP) is 2.12. The molecule has 1 aromatic carbocycles. The number of piperidine rings is 1. The molecule has 90 valence electrons. The van der Waals surface area contributed by atoms with E-state index in [1.54, 1.807) is 0 Å². The van der Waals surface area contributed by atoms with Gasteiger partial charge in [0.2, 0.25) is 0 Å². The molecule has 0 radical (unpaired) electrons. The lowest BCUT2D eigenvalue weighted by Crippen LogP contribution is -2.49. The Morgan fingerprint density at radius 3 is 2.71 bits per heavy atom. The molecule has 0 spiro atoms. The second-order valence-electron chi connectivity index (χ2n) is 4.78. The van der Waals surface area contributed by atoms with E-state index in [-0.39, 0.29) is 11.8 Å². The van der Waals surface area contributed by atoms with Crippen LogP contribution >= 0.6 is 0 Å². The van der Waals surface area contributed by atoms with Crippen LogP contribution in [0.4, 0.5) is 0 Å². The molecule has 0 saturated carbocycles. The molecule has 3 rings (SSSR count). The third-order valence-electron chi connectivity index (χ3n) is 3.68. The maximum Gasteiger partial charge on any atom is 0.187 e. The summed E-state index contributed by atoms with van der Waals surface area (Å²) >= 11 is 0. The van der Waals surface area contributed by atoms with Gasteiger partial charge in [-0.15, -0.1) is 0 Å². The van der Waals surface area contributed by atoms with E-state index in [1.165, 1.54) is 19.3 Å². The number of carbonyl (C=O) groups excluding carboxylic acids is 1. The first-order valence-corrected chi connectivity index (χ1v) is 6.36. The molecule has 1 saturated heterocycles. The van der Waals surface area contributed by atoms with Crippen LogP contribution in [-0.4, -0.2) is 36.4 Å². The average Bonchev–Trinajstić information content (AvgIpc) is 2.40. The summed E-state index contributed by atoms with van der Waals surface area (Å²) in [5.41, 5.74) is 0.745. The van der Waals surface area contributed by atoms with Crippen LogP contribution in [0.5, 0.6) is 5.75 Å². The van der Waals surface area contributed by atoms with Crippen LogP contribution in [0, 0.1) is 0 Å². The molecule has 0 amide bonds. The summed E-state index contributed by atoms with van der Waals surface area (Å²) in [5, 5.41) is 0. The molecule has 2 aliphatic rings. The van der Waals surface area contributed by atoms with Gasteiger partial charge >= 0.3 is 0 Å². The molecule has 3 nitrogen and oxygen atoms in total. The second kappa shape index (κ2) is 4.49. The summed E-state index contributed by atoms with van der Waals surface area (Å²) in [6.45, 7) is 2.57. The first-order chi connectivity index (χ1) is 8.36. The lowest BCUT2D eigenvalue weighted by molar-refractivity contribution is 0.0623. The molecule has 3 heteroatoms. The Hall–Kier alpha value is -1.35. The van der Waals surface area contributed by atoms with Crippen LogP contribution in [0.2, 0.25) is 0 Å². The Labute approximate surface area is 101 Å². The molecule has 1 atom stereocenters. The number of hydrogen-bond acceptors (Lipinski definition) is 3. The zero-order chi connectivity index (χ0) is 11.7. The van der Waals surface area contributed by atoms with Gasteiger partial charge in [0.05, 0.1) is 5.56 Å². The molecule has 2 aliphatic heterocycles. The molecule has 1 aromatic rings. The lowest BCUT2D eigenvalue weighted by atomic mass is 9.98. The number of ether oxygens (including phenoxy) is 1. The van der Waals surface area contributed by atoms with E-state index < -0.39 is 0 Å². The molecule has 2 heterocycles. The number of hydrogen-bond donors (Lipinski definition) is 0. The van der Waals surface area contributed by atoms with Crippen molar-refractivity contribution in [2.45, 2.75) is 25.3 Å². The summed E-state index contributed by atoms with van der Waals surface area (Å²) in [7, 11) is 0. The molecule has 0 aromatic heterocycles. The Kier molecular flexibility index (Phi) is 2.85. The van der Waals surface area contributed by atoms with E-state index in [2.05, 4.69) is 4.90 Å². The molecule has 17 heavy (non-hydrogen) atoms. The Balaban J connectivity index is 1.83. The third-order valence-corrected chi connectivity index (χ3v) is 3.68. The first kappa shape index (κ1) is 10.8. The fourth-order valence-corrected chi connectivity index (χ4v) is 2.72. The molecule has 0 bridgehead atoms. The smallest absolute Gasteiger partial charge is 0.187 e. The summed E-state index contributed by atoms with van der Waals surface area (Å²) in [6, 6.07) is 7.49. The van der Waals surface area contributed by atoms with Crippen molar-refractivity contribution in [1.82, 2.24) is 4.90 Å². The Bertz CT molecular complexity index is 424. The maximum atomic E-state index is 12.4. The molecule has 0 N–H and O–H groups in total. The lowest BCUT2D eigenvalue weighted by Gasteiger charge is -2.35. The van der Waals surface area contributed by atoms with Gasteiger partial charge in [-0.1, -0.05) is 18.6 Å². The maximum absolute atomic E-state index is 12.4. The van der Waals surface area contributed by atoms with Crippen LogP contribution in [0.25, 0.3) is 0 Å². The molecular formula is C14H17NO2. The standard InChI is InChI=1S/C14H17NO2/c16-14-11-6-2-3-7-13(11)17-10-12(14)15-8-4-1-5-9-15/h2-3,6-7,12H,1,4-5,8-10H2. The van der Waals surface area contributed by atoms with Crippen LogP contribution in [0.15, 0.2) is 24.3 Å². The minimum atomic E-state index is -0.0646. The van der Waals surface area contributed by atoms with Gasteiger partial charge in [-0.3, -0.25) is 9.69 Å². The van der Waals surface area contributed by atoms with Gasteiger partial charge in [0.15, 0.2) is 5.78 Å². The van der Waals surface area contributed by atoms with Crippen molar-refractivity contribution in [3.63, 3.8) is 0 Å². The predicted molar refractivity (Wildman–Crippen MR) is 65.5 cm³/mol. The van der Waals surface area contributed by atoms with Crippen LogP contribution in [0.3, 0.4) is 0 Å². The van der Waals surface area contributed by atoms with Crippen molar-refractivity contribution in [2.75, 3.05) is 19.7 Å². The van der Waals surface area contributed by atoms with Crippen LogP contribution < -0.4 is 4.74 Å². The zero-order valence-corrected chi connectivity index (χ0v) is 9.89. The van der Waals surface area contributed by atoms with E-state index in [0.29, 0.717) is 6.61 Å². The molecule has 1 unspecified atom stereocenters. The summed E-state index contributed by atoms with van der Waals surface area (Å²) in [4.78, 5) is 14.7. The monoisotopic (exact) mass is 231 g/mol. The highest BCUT2D eigenvalue weighted by molar-refractivity contribution is 6.03. The largest absolute Gasteiger partial charge is 0.491 e. The fraction of sp³-hybridized carbons (Fsp3) is 0.500. The van der Waals surface area contributed by atoms with Crippen molar-refractivity contribution < 1.29 is 9.53 Å². The minimum absolute atomic E-state index is 0.0646. The van der Waals surface area contributed by atoms with Crippen molar-refractivity contribution in [1.29, 1.82) is 0 Å². The first-order valence-electron chi connectivity index (χ1n) is 6.36. The van der Waals surface area contributed by atoms with Gasteiger partial charge in [-0.25, -0.2) is 0 Å².